The maximum Gasteiger partial charge on any atom is 0.152 e. The van der Waals surface area contributed by atoms with Gasteiger partial charge in [0.15, 0.2) is 5.82 Å². The highest BCUT2D eigenvalue weighted by Gasteiger charge is 2.15. The first-order valence-corrected chi connectivity index (χ1v) is 6.66. The van der Waals surface area contributed by atoms with E-state index in [-0.39, 0.29) is 6.04 Å². The monoisotopic (exact) mass is 278 g/mol. The van der Waals surface area contributed by atoms with E-state index < -0.39 is 0 Å². The molecule has 1 heterocycles. The summed E-state index contributed by atoms with van der Waals surface area (Å²) in [7, 11) is 0. The maximum atomic E-state index is 6.13. The predicted molar refractivity (Wildman–Crippen MR) is 81.2 cm³/mol. The molecule has 0 saturated heterocycles. The second kappa shape index (κ2) is 5.13. The van der Waals surface area contributed by atoms with Crippen LogP contribution >= 0.6 is 11.6 Å². The molecule has 0 aliphatic rings. The van der Waals surface area contributed by atoms with Gasteiger partial charge in [-0.25, -0.2) is 4.68 Å². The number of nitrogens with zero attached hydrogens (tertiary/aromatic N) is 2. The molecule has 19 heavy (non-hydrogen) atoms. The van der Waals surface area contributed by atoms with Crippen molar-refractivity contribution in [3.8, 4) is 0 Å². The molecule has 0 amide bonds. The first-order chi connectivity index (χ1) is 8.91. The molecule has 0 saturated carbocycles. The summed E-state index contributed by atoms with van der Waals surface area (Å²) in [6.07, 6.45) is 0. The quantitative estimate of drug-likeness (QED) is 0.890. The van der Waals surface area contributed by atoms with Crippen molar-refractivity contribution in [2.45, 2.75) is 33.7 Å². The molecule has 0 fully saturated rings. The molecular weight excluding hydrogens is 260 g/mol. The maximum absolute atomic E-state index is 6.13. The second-order valence-corrected chi connectivity index (χ2v) is 5.33. The number of benzene rings is 1. The number of nitrogens with two attached hydrogens (primary N) is 1. The van der Waals surface area contributed by atoms with Gasteiger partial charge in [0.25, 0.3) is 0 Å². The van der Waals surface area contributed by atoms with Gasteiger partial charge < -0.3 is 11.1 Å². The van der Waals surface area contributed by atoms with Gasteiger partial charge in [-0.15, -0.1) is 0 Å². The highest BCUT2D eigenvalue weighted by atomic mass is 35.5. The highest BCUT2D eigenvalue weighted by molar-refractivity contribution is 6.31. The van der Waals surface area contributed by atoms with Gasteiger partial charge in [-0.1, -0.05) is 17.7 Å². The summed E-state index contributed by atoms with van der Waals surface area (Å²) >= 11 is 6.13. The van der Waals surface area contributed by atoms with E-state index in [1.165, 1.54) is 0 Å². The van der Waals surface area contributed by atoms with Gasteiger partial charge in [0.05, 0.1) is 11.4 Å². The van der Waals surface area contributed by atoms with Crippen molar-refractivity contribution in [1.29, 1.82) is 0 Å². The molecule has 1 aromatic carbocycles. The van der Waals surface area contributed by atoms with Crippen LogP contribution in [0.2, 0.25) is 5.02 Å². The third-order valence-corrected chi connectivity index (χ3v) is 3.55. The Bertz CT molecular complexity index is 602. The van der Waals surface area contributed by atoms with E-state index in [9.17, 15) is 0 Å². The summed E-state index contributed by atoms with van der Waals surface area (Å²) in [5.74, 6) is 0.817. The lowest BCUT2D eigenvalue weighted by Gasteiger charge is -2.15. The largest absolute Gasteiger partial charge is 0.394 e. The highest BCUT2D eigenvalue weighted by Crippen LogP contribution is 2.31. The Morgan fingerprint density at radius 1 is 1.32 bits per heavy atom. The van der Waals surface area contributed by atoms with Gasteiger partial charge in [-0.3, -0.25) is 0 Å². The fourth-order valence-electron chi connectivity index (χ4n) is 1.93. The first kappa shape index (κ1) is 13.7. The van der Waals surface area contributed by atoms with Crippen LogP contribution in [0.5, 0.6) is 0 Å². The Kier molecular flexibility index (Phi) is 3.71. The molecule has 0 bridgehead atoms. The third kappa shape index (κ3) is 2.54. The molecule has 0 spiro atoms. The molecule has 0 radical (unpaired) electrons. The van der Waals surface area contributed by atoms with Crippen LogP contribution in [0.1, 0.15) is 31.1 Å². The number of anilines is 3. The summed E-state index contributed by atoms with van der Waals surface area (Å²) in [5.41, 5.74) is 9.55. The molecule has 2 rings (SSSR count). The zero-order chi connectivity index (χ0) is 14.2. The van der Waals surface area contributed by atoms with Crippen molar-refractivity contribution in [3.63, 3.8) is 0 Å². The van der Waals surface area contributed by atoms with Crippen molar-refractivity contribution in [2.24, 2.45) is 0 Å². The first-order valence-electron chi connectivity index (χ1n) is 6.28. The second-order valence-electron chi connectivity index (χ2n) is 4.92. The predicted octanol–water partition coefficient (Wildman–Crippen LogP) is 4.06. The van der Waals surface area contributed by atoms with E-state index in [0.717, 1.165) is 27.8 Å². The van der Waals surface area contributed by atoms with Crippen LogP contribution in [0.4, 0.5) is 17.2 Å². The lowest BCUT2D eigenvalue weighted by atomic mass is 10.2. The number of hydrogen-bond acceptors (Lipinski definition) is 3. The molecule has 0 unspecified atom stereocenters. The van der Waals surface area contributed by atoms with Crippen LogP contribution in [-0.2, 0) is 0 Å². The zero-order valence-electron chi connectivity index (χ0n) is 11.7. The van der Waals surface area contributed by atoms with Gasteiger partial charge in [0, 0.05) is 16.8 Å². The fraction of sp³-hybridized carbons (Fsp3) is 0.357. The summed E-state index contributed by atoms with van der Waals surface area (Å²) in [6.45, 7) is 8.03. The molecule has 5 heteroatoms. The topological polar surface area (TPSA) is 55.9 Å². The van der Waals surface area contributed by atoms with E-state index in [2.05, 4.69) is 24.3 Å². The number of aromatic nitrogens is 2. The summed E-state index contributed by atoms with van der Waals surface area (Å²) in [4.78, 5) is 0. The number of hydrogen-bond donors (Lipinski definition) is 2. The Balaban J connectivity index is 2.46. The normalized spacial score (nSPS) is 11.1. The van der Waals surface area contributed by atoms with E-state index in [1.54, 1.807) is 0 Å². The lowest BCUT2D eigenvalue weighted by Crippen LogP contribution is -2.08. The number of nitrogens with one attached hydrogen (secondary N) is 1. The number of nitrogen functional groups attached to an aromatic ring is 1. The SMILES string of the molecule is Cc1nn(C(C)C)c(Nc2cccc(Cl)c2C)c1N. The Morgan fingerprint density at radius 3 is 2.63 bits per heavy atom. The minimum atomic E-state index is 0.234. The standard InChI is InChI=1S/C14H19ClN4/c1-8(2)19-14(13(16)10(4)18-19)17-12-7-5-6-11(15)9(12)3/h5-8,17H,16H2,1-4H3. The molecule has 1 aromatic heterocycles. The zero-order valence-corrected chi connectivity index (χ0v) is 12.4. The number of rotatable bonds is 3. The lowest BCUT2D eigenvalue weighted by molar-refractivity contribution is 0.536. The van der Waals surface area contributed by atoms with E-state index in [4.69, 9.17) is 17.3 Å². The minimum absolute atomic E-state index is 0.234. The number of aryl methyl sites for hydroxylation is 1. The smallest absolute Gasteiger partial charge is 0.152 e. The van der Waals surface area contributed by atoms with Crippen molar-refractivity contribution in [3.05, 3.63) is 34.5 Å². The Labute approximate surface area is 118 Å². The molecule has 0 atom stereocenters. The summed E-state index contributed by atoms with van der Waals surface area (Å²) < 4.78 is 1.89. The van der Waals surface area contributed by atoms with Gasteiger partial charge in [0.1, 0.15) is 0 Å². The van der Waals surface area contributed by atoms with Crippen LogP contribution in [0.25, 0.3) is 0 Å². The van der Waals surface area contributed by atoms with E-state index >= 15 is 0 Å². The van der Waals surface area contributed by atoms with Gasteiger partial charge in [-0.2, -0.15) is 5.10 Å². The summed E-state index contributed by atoms with van der Waals surface area (Å²) in [6, 6.07) is 6.00. The van der Waals surface area contributed by atoms with Crippen molar-refractivity contribution in [2.75, 3.05) is 11.1 Å². The van der Waals surface area contributed by atoms with Gasteiger partial charge in [0.2, 0.25) is 0 Å². The average Bonchev–Trinajstić information content (AvgIpc) is 2.63. The summed E-state index contributed by atoms with van der Waals surface area (Å²) in [5, 5.41) is 8.53. The fourth-order valence-corrected chi connectivity index (χ4v) is 2.10. The molecule has 3 N–H and O–H groups in total. The molecule has 102 valence electrons. The van der Waals surface area contributed by atoms with E-state index in [1.807, 2.05) is 36.7 Å². The van der Waals surface area contributed by atoms with Gasteiger partial charge >= 0.3 is 0 Å². The van der Waals surface area contributed by atoms with Crippen LogP contribution in [0.15, 0.2) is 18.2 Å². The molecule has 0 aliphatic heterocycles. The Morgan fingerprint density at radius 2 is 2.00 bits per heavy atom. The van der Waals surface area contributed by atoms with Crippen molar-refractivity contribution >= 4 is 28.8 Å². The van der Waals surface area contributed by atoms with Crippen LogP contribution in [0, 0.1) is 13.8 Å². The molecular formula is C14H19ClN4. The minimum Gasteiger partial charge on any atom is -0.394 e. The van der Waals surface area contributed by atoms with Crippen molar-refractivity contribution in [1.82, 2.24) is 9.78 Å². The third-order valence-electron chi connectivity index (χ3n) is 3.14. The molecule has 4 nitrogen and oxygen atoms in total. The van der Waals surface area contributed by atoms with Crippen molar-refractivity contribution < 1.29 is 0 Å². The van der Waals surface area contributed by atoms with Crippen LogP contribution in [0.3, 0.4) is 0 Å². The van der Waals surface area contributed by atoms with E-state index in [0.29, 0.717) is 5.69 Å². The van der Waals surface area contributed by atoms with Gasteiger partial charge in [-0.05, 0) is 45.4 Å². The molecule has 2 aromatic rings. The number of halogens is 1. The van der Waals surface area contributed by atoms with Crippen LogP contribution in [-0.4, -0.2) is 9.78 Å². The molecule has 0 aliphatic carbocycles. The van der Waals surface area contributed by atoms with Crippen LogP contribution < -0.4 is 11.1 Å². The Hall–Kier alpha value is -1.68. The average molecular weight is 279 g/mol.